The smallest absolute Gasteiger partial charge is 0.279 e. The number of aryl methyl sites for hydroxylation is 3. The number of rotatable bonds is 4. The van der Waals surface area contributed by atoms with Gasteiger partial charge in [0, 0.05) is 0 Å². The third-order valence-electron chi connectivity index (χ3n) is 3.26. The Morgan fingerprint density at radius 3 is 2.48 bits per heavy atom. The van der Waals surface area contributed by atoms with Gasteiger partial charge in [0.15, 0.2) is 6.10 Å². The summed E-state index contributed by atoms with van der Waals surface area (Å²) in [5.74, 6) is 0.849. The van der Waals surface area contributed by atoms with Crippen molar-refractivity contribution in [2.24, 2.45) is 0 Å². The summed E-state index contributed by atoms with van der Waals surface area (Å²) in [6, 6.07) is 9.00. The minimum atomic E-state index is -0.746. The largest absolute Gasteiger partial charge is 0.481 e. The molecule has 0 fully saturated rings. The first-order valence-corrected chi connectivity index (χ1v) is 7.27. The molecule has 122 valence electrons. The molecule has 1 atom stereocenters. The van der Waals surface area contributed by atoms with Gasteiger partial charge in [0.2, 0.25) is 0 Å². The summed E-state index contributed by atoms with van der Waals surface area (Å²) in [4.78, 5) is 24.0. The van der Waals surface area contributed by atoms with Gasteiger partial charge < -0.3 is 9.15 Å². The number of ether oxygens (including phenoxy) is 1. The van der Waals surface area contributed by atoms with Gasteiger partial charge in [-0.25, -0.2) is 0 Å². The fraction of sp³-hybridized carbons (Fsp3) is 0.294. The van der Waals surface area contributed by atoms with E-state index in [2.05, 4.69) is 10.9 Å². The summed E-state index contributed by atoms with van der Waals surface area (Å²) >= 11 is 0. The van der Waals surface area contributed by atoms with Gasteiger partial charge in [-0.2, -0.15) is 0 Å². The van der Waals surface area contributed by atoms with Crippen LogP contribution >= 0.6 is 0 Å². The maximum absolute atomic E-state index is 12.0. The van der Waals surface area contributed by atoms with E-state index in [-0.39, 0.29) is 0 Å². The van der Waals surface area contributed by atoms with Gasteiger partial charge in [0.1, 0.15) is 17.3 Å². The molecule has 0 saturated carbocycles. The highest BCUT2D eigenvalue weighted by Crippen LogP contribution is 2.14. The van der Waals surface area contributed by atoms with Crippen LogP contribution in [0, 0.1) is 20.8 Å². The van der Waals surface area contributed by atoms with Gasteiger partial charge in [0.25, 0.3) is 11.8 Å². The highest BCUT2D eigenvalue weighted by Gasteiger charge is 2.18. The number of nitrogens with one attached hydrogen (secondary N) is 2. The van der Waals surface area contributed by atoms with Crippen LogP contribution in [0.15, 0.2) is 34.7 Å². The number of hydrazine groups is 1. The normalized spacial score (nSPS) is 11.7. The topological polar surface area (TPSA) is 80.6 Å². The second kappa shape index (κ2) is 7.00. The van der Waals surface area contributed by atoms with Crippen LogP contribution in [0.5, 0.6) is 5.75 Å². The van der Waals surface area contributed by atoms with Crippen LogP contribution in [-0.4, -0.2) is 17.9 Å². The lowest BCUT2D eigenvalue weighted by Crippen LogP contribution is -2.47. The first-order valence-electron chi connectivity index (χ1n) is 7.27. The van der Waals surface area contributed by atoms with E-state index in [1.165, 1.54) is 0 Å². The van der Waals surface area contributed by atoms with Crippen molar-refractivity contribution >= 4 is 11.8 Å². The lowest BCUT2D eigenvalue weighted by molar-refractivity contribution is -0.128. The van der Waals surface area contributed by atoms with Crippen molar-refractivity contribution in [3.05, 3.63) is 53.0 Å². The number of hydrogen-bond acceptors (Lipinski definition) is 4. The van der Waals surface area contributed by atoms with Crippen molar-refractivity contribution in [3.8, 4) is 5.75 Å². The van der Waals surface area contributed by atoms with Crippen LogP contribution in [-0.2, 0) is 4.79 Å². The van der Waals surface area contributed by atoms with Crippen molar-refractivity contribution in [3.63, 3.8) is 0 Å². The average Bonchev–Trinajstić information content (AvgIpc) is 2.83. The van der Waals surface area contributed by atoms with Crippen LogP contribution in [0.1, 0.15) is 34.4 Å². The summed E-state index contributed by atoms with van der Waals surface area (Å²) < 4.78 is 10.8. The number of benzene rings is 1. The third kappa shape index (κ3) is 4.35. The maximum Gasteiger partial charge on any atom is 0.279 e. The van der Waals surface area contributed by atoms with Gasteiger partial charge >= 0.3 is 0 Å². The van der Waals surface area contributed by atoms with Crippen LogP contribution in [0.2, 0.25) is 0 Å². The molecule has 0 spiro atoms. The minimum Gasteiger partial charge on any atom is -0.481 e. The summed E-state index contributed by atoms with van der Waals surface area (Å²) in [6.07, 6.45) is -0.746. The Balaban J connectivity index is 1.89. The first-order chi connectivity index (χ1) is 10.9. The van der Waals surface area contributed by atoms with Gasteiger partial charge in [0.05, 0.1) is 5.56 Å². The Morgan fingerprint density at radius 1 is 1.13 bits per heavy atom. The Bertz CT molecular complexity index is 721. The van der Waals surface area contributed by atoms with E-state index >= 15 is 0 Å². The zero-order valence-corrected chi connectivity index (χ0v) is 13.6. The Morgan fingerprint density at radius 2 is 1.87 bits per heavy atom. The molecule has 0 radical (unpaired) electrons. The molecular formula is C17H20N2O4. The molecule has 0 aliphatic carbocycles. The van der Waals surface area contributed by atoms with Crippen LogP contribution < -0.4 is 15.6 Å². The summed E-state index contributed by atoms with van der Waals surface area (Å²) in [7, 11) is 0. The molecule has 2 aromatic rings. The van der Waals surface area contributed by atoms with E-state index in [9.17, 15) is 9.59 Å². The van der Waals surface area contributed by atoms with E-state index in [0.717, 1.165) is 5.56 Å². The zero-order chi connectivity index (χ0) is 17.0. The van der Waals surface area contributed by atoms with Crippen LogP contribution in [0.25, 0.3) is 0 Å². The highest BCUT2D eigenvalue weighted by atomic mass is 16.5. The predicted molar refractivity (Wildman–Crippen MR) is 85.1 cm³/mol. The summed E-state index contributed by atoms with van der Waals surface area (Å²) in [5.41, 5.74) is 6.12. The second-order valence-electron chi connectivity index (χ2n) is 5.35. The van der Waals surface area contributed by atoms with Crippen LogP contribution in [0.4, 0.5) is 0 Å². The molecule has 2 rings (SSSR count). The van der Waals surface area contributed by atoms with Crippen molar-refractivity contribution in [1.82, 2.24) is 10.9 Å². The monoisotopic (exact) mass is 316 g/mol. The number of carbonyl (C=O) groups excluding carboxylic acids is 2. The number of furan rings is 1. The fourth-order valence-electron chi connectivity index (χ4n) is 2.09. The molecule has 0 bridgehead atoms. The molecule has 2 N–H and O–H groups in total. The predicted octanol–water partition coefficient (Wildman–Crippen LogP) is 2.43. The maximum atomic E-state index is 12.0. The molecule has 6 nitrogen and oxygen atoms in total. The summed E-state index contributed by atoms with van der Waals surface area (Å²) in [6.45, 7) is 6.98. The highest BCUT2D eigenvalue weighted by molar-refractivity contribution is 5.96. The quantitative estimate of drug-likeness (QED) is 0.849. The fourth-order valence-corrected chi connectivity index (χ4v) is 2.09. The van der Waals surface area contributed by atoms with Crippen LogP contribution in [0.3, 0.4) is 0 Å². The molecule has 1 aromatic heterocycles. The molecule has 1 heterocycles. The van der Waals surface area contributed by atoms with E-state index in [4.69, 9.17) is 9.15 Å². The number of amides is 2. The molecule has 2 amide bonds. The van der Waals surface area contributed by atoms with Gasteiger partial charge in [-0.05, 0) is 51.5 Å². The molecule has 6 heteroatoms. The lowest BCUT2D eigenvalue weighted by Gasteiger charge is -2.15. The SMILES string of the molecule is Cc1cccc(OC(C)C(=O)NNC(=O)c2cc(C)oc2C)c1. The van der Waals surface area contributed by atoms with Gasteiger partial charge in [-0.15, -0.1) is 0 Å². The average molecular weight is 316 g/mol. The summed E-state index contributed by atoms with van der Waals surface area (Å²) in [5, 5.41) is 0. The Kier molecular flexibility index (Phi) is 5.05. The second-order valence-corrected chi connectivity index (χ2v) is 5.35. The van der Waals surface area contributed by atoms with Crippen molar-refractivity contribution in [2.75, 3.05) is 0 Å². The molecular weight excluding hydrogens is 296 g/mol. The van der Waals surface area contributed by atoms with E-state index in [0.29, 0.717) is 22.8 Å². The number of hydrogen-bond donors (Lipinski definition) is 2. The Hall–Kier alpha value is -2.76. The molecule has 23 heavy (non-hydrogen) atoms. The third-order valence-corrected chi connectivity index (χ3v) is 3.26. The first kappa shape index (κ1) is 16.6. The zero-order valence-electron chi connectivity index (χ0n) is 13.6. The van der Waals surface area contributed by atoms with Crippen molar-refractivity contribution in [1.29, 1.82) is 0 Å². The van der Waals surface area contributed by atoms with Crippen molar-refractivity contribution in [2.45, 2.75) is 33.8 Å². The minimum absolute atomic E-state index is 0.384. The molecule has 0 saturated heterocycles. The lowest BCUT2D eigenvalue weighted by atomic mass is 10.2. The standard InChI is InChI=1S/C17H20N2O4/c1-10-6-5-7-14(8-10)23-13(4)16(20)18-19-17(21)15-9-11(2)22-12(15)3/h5-9,13H,1-4H3,(H,18,20)(H,19,21). The van der Waals surface area contributed by atoms with E-state index in [1.54, 1.807) is 32.9 Å². The van der Waals surface area contributed by atoms with Crippen molar-refractivity contribution < 1.29 is 18.7 Å². The molecule has 1 aromatic carbocycles. The Labute approximate surface area is 134 Å². The van der Waals surface area contributed by atoms with Gasteiger partial charge in [-0.1, -0.05) is 12.1 Å². The molecule has 0 aliphatic rings. The number of carbonyl (C=O) groups is 2. The van der Waals surface area contributed by atoms with E-state index in [1.807, 2.05) is 25.1 Å². The van der Waals surface area contributed by atoms with Gasteiger partial charge in [-0.3, -0.25) is 20.4 Å². The van der Waals surface area contributed by atoms with E-state index < -0.39 is 17.9 Å². The molecule has 1 unspecified atom stereocenters. The molecule has 0 aliphatic heterocycles.